The quantitative estimate of drug-likeness (QED) is 0.286. The molecule has 0 N–H and O–H groups in total. The van der Waals surface area contributed by atoms with Crippen molar-refractivity contribution in [3.63, 3.8) is 0 Å². The van der Waals surface area contributed by atoms with Crippen LogP contribution in [0.4, 0.5) is 0 Å². The summed E-state index contributed by atoms with van der Waals surface area (Å²) >= 11 is 0. The minimum absolute atomic E-state index is 0.251. The summed E-state index contributed by atoms with van der Waals surface area (Å²) in [6.45, 7) is 17.2. The predicted octanol–water partition coefficient (Wildman–Crippen LogP) is 7.30. The maximum Gasteiger partial charge on any atom is 0.303 e. The zero-order valence-electron chi connectivity index (χ0n) is 23.8. The molecule has 0 aromatic heterocycles. The van der Waals surface area contributed by atoms with E-state index < -0.39 is 0 Å². The smallest absolute Gasteiger partial charge is 0.303 e. The Morgan fingerprint density at radius 1 is 0.972 bits per heavy atom. The maximum atomic E-state index is 12.1. The average molecular weight is 497 g/mol. The molecule has 0 aromatic rings. The van der Waals surface area contributed by atoms with Gasteiger partial charge in [-0.05, 0) is 84.2 Å². The fourth-order valence-electron chi connectivity index (χ4n) is 8.43. The van der Waals surface area contributed by atoms with Crippen LogP contribution in [0.15, 0.2) is 36.0 Å². The summed E-state index contributed by atoms with van der Waals surface area (Å²) in [4.78, 5) is 23.8. The standard InChI is InChI=1S/C32H48O4/c1-19(2)20(3)9-10-21(4)27-13-14-28-26-12-11-24-17-25(35-22(5)33)18-30(36-23(6)34)32(24,8)29(26)15-16-31(27,28)7/h9-12,17,19-21,25-30H,13-16,18H2,1-8H3/t20-,21+,25+,26-,27+,28-,29-,30-,31+,32-/m0/s1. The molecule has 0 unspecified atom stereocenters. The fraction of sp³-hybridized carbons (Fsp3) is 0.750. The number of esters is 2. The number of hydrogen-bond acceptors (Lipinski definition) is 4. The first-order valence-electron chi connectivity index (χ1n) is 14.3. The molecule has 36 heavy (non-hydrogen) atoms. The van der Waals surface area contributed by atoms with Gasteiger partial charge in [-0.2, -0.15) is 0 Å². The lowest BCUT2D eigenvalue weighted by Crippen LogP contribution is -2.55. The number of hydrogen-bond donors (Lipinski definition) is 0. The number of allylic oxidation sites excluding steroid dienone is 4. The molecule has 4 aliphatic carbocycles. The fourth-order valence-corrected chi connectivity index (χ4v) is 8.43. The van der Waals surface area contributed by atoms with Crippen molar-refractivity contribution in [2.24, 2.45) is 52.3 Å². The van der Waals surface area contributed by atoms with Gasteiger partial charge < -0.3 is 9.47 Å². The number of carbonyl (C=O) groups excluding carboxylic acids is 2. The average Bonchev–Trinajstić information content (AvgIpc) is 3.14. The topological polar surface area (TPSA) is 52.6 Å². The molecule has 2 saturated carbocycles. The molecule has 0 aromatic carbocycles. The Kier molecular flexibility index (Phi) is 7.66. The summed E-state index contributed by atoms with van der Waals surface area (Å²) in [5, 5.41) is 0. The second-order valence-electron chi connectivity index (χ2n) is 13.1. The third-order valence-corrected chi connectivity index (χ3v) is 10.8. The van der Waals surface area contributed by atoms with Gasteiger partial charge in [-0.15, -0.1) is 0 Å². The van der Waals surface area contributed by atoms with Gasteiger partial charge in [0.2, 0.25) is 0 Å². The first kappa shape index (κ1) is 27.2. The van der Waals surface area contributed by atoms with Crippen molar-refractivity contribution in [2.45, 2.75) is 99.7 Å². The molecule has 0 aliphatic heterocycles. The highest BCUT2D eigenvalue weighted by Crippen LogP contribution is 2.66. The lowest BCUT2D eigenvalue weighted by Gasteiger charge is -2.58. The van der Waals surface area contributed by atoms with E-state index in [1.807, 2.05) is 0 Å². The lowest BCUT2D eigenvalue weighted by molar-refractivity contribution is -0.164. The van der Waals surface area contributed by atoms with Crippen LogP contribution in [0.25, 0.3) is 0 Å². The molecule has 4 nitrogen and oxygen atoms in total. The first-order chi connectivity index (χ1) is 16.9. The predicted molar refractivity (Wildman–Crippen MR) is 144 cm³/mol. The van der Waals surface area contributed by atoms with Crippen LogP contribution in [0.3, 0.4) is 0 Å². The Bertz CT molecular complexity index is 944. The molecule has 4 aliphatic rings. The largest absolute Gasteiger partial charge is 0.461 e. The van der Waals surface area contributed by atoms with Crippen molar-refractivity contribution in [2.75, 3.05) is 0 Å². The van der Waals surface area contributed by atoms with Gasteiger partial charge in [-0.25, -0.2) is 0 Å². The van der Waals surface area contributed by atoms with Crippen LogP contribution in [0, 0.1) is 52.3 Å². The van der Waals surface area contributed by atoms with Gasteiger partial charge in [0.25, 0.3) is 0 Å². The van der Waals surface area contributed by atoms with Crippen LogP contribution in [-0.4, -0.2) is 24.1 Å². The van der Waals surface area contributed by atoms with Gasteiger partial charge in [0.1, 0.15) is 12.2 Å². The van der Waals surface area contributed by atoms with E-state index in [-0.39, 0.29) is 29.6 Å². The summed E-state index contributed by atoms with van der Waals surface area (Å²) in [5.41, 5.74) is 1.25. The highest BCUT2D eigenvalue weighted by atomic mass is 16.6. The molecular weight excluding hydrogens is 448 g/mol. The number of carbonyl (C=O) groups is 2. The Labute approximate surface area is 219 Å². The molecule has 4 heteroatoms. The Hall–Kier alpha value is -1.84. The van der Waals surface area contributed by atoms with Crippen molar-refractivity contribution in [1.82, 2.24) is 0 Å². The van der Waals surface area contributed by atoms with Gasteiger partial charge in [0.15, 0.2) is 0 Å². The summed E-state index contributed by atoms with van der Waals surface area (Å²) in [6, 6.07) is 0. The molecule has 0 radical (unpaired) electrons. The summed E-state index contributed by atoms with van der Waals surface area (Å²) in [5.74, 6) is 3.60. The van der Waals surface area contributed by atoms with E-state index in [9.17, 15) is 9.59 Å². The first-order valence-corrected chi connectivity index (χ1v) is 14.3. The molecule has 2 fully saturated rings. The zero-order valence-corrected chi connectivity index (χ0v) is 23.8. The van der Waals surface area contributed by atoms with Crippen molar-refractivity contribution >= 4 is 11.9 Å². The molecule has 0 bridgehead atoms. The van der Waals surface area contributed by atoms with Gasteiger partial charge in [-0.3, -0.25) is 9.59 Å². The molecule has 0 spiro atoms. The van der Waals surface area contributed by atoms with Crippen LogP contribution in [-0.2, 0) is 19.1 Å². The second kappa shape index (κ2) is 10.1. The van der Waals surface area contributed by atoms with Crippen LogP contribution in [0.5, 0.6) is 0 Å². The normalized spacial score (nSPS) is 41.2. The summed E-state index contributed by atoms with van der Waals surface area (Å²) in [7, 11) is 0. The van der Waals surface area contributed by atoms with Crippen LogP contribution < -0.4 is 0 Å². The minimum atomic E-state index is -0.346. The van der Waals surface area contributed by atoms with E-state index in [1.165, 1.54) is 38.7 Å². The van der Waals surface area contributed by atoms with Gasteiger partial charge >= 0.3 is 11.9 Å². The van der Waals surface area contributed by atoms with Crippen molar-refractivity contribution < 1.29 is 19.1 Å². The van der Waals surface area contributed by atoms with Crippen molar-refractivity contribution in [3.05, 3.63) is 36.0 Å². The van der Waals surface area contributed by atoms with E-state index in [4.69, 9.17) is 9.47 Å². The van der Waals surface area contributed by atoms with Gasteiger partial charge in [0.05, 0.1) is 0 Å². The van der Waals surface area contributed by atoms with E-state index in [1.54, 1.807) is 0 Å². The summed E-state index contributed by atoms with van der Waals surface area (Å²) in [6.07, 6.45) is 16.6. The third kappa shape index (κ3) is 4.74. The number of ether oxygens (including phenoxy) is 2. The maximum absolute atomic E-state index is 12.1. The lowest BCUT2D eigenvalue weighted by atomic mass is 9.47. The molecule has 4 rings (SSSR count). The number of rotatable bonds is 6. The highest BCUT2D eigenvalue weighted by molar-refractivity contribution is 5.67. The Morgan fingerprint density at radius 3 is 2.31 bits per heavy atom. The molecule has 200 valence electrons. The van der Waals surface area contributed by atoms with Crippen molar-refractivity contribution in [3.8, 4) is 0 Å². The van der Waals surface area contributed by atoms with Crippen LogP contribution >= 0.6 is 0 Å². The SMILES string of the molecule is CC(=O)O[C@@H]1C=C2C=C[C@H]3[C@@H]4CC[C@H]([C@H](C)C=C[C@H](C)C(C)C)[C@@]4(C)CC[C@@H]3[C@@]2(C)[C@@H](OC(C)=O)C1. The van der Waals surface area contributed by atoms with E-state index in [0.717, 1.165) is 6.42 Å². The third-order valence-electron chi connectivity index (χ3n) is 10.8. The number of fused-ring (bicyclic) bond motifs is 5. The van der Waals surface area contributed by atoms with E-state index in [2.05, 4.69) is 71.9 Å². The van der Waals surface area contributed by atoms with Gasteiger partial charge in [0, 0.05) is 25.7 Å². The molecule has 0 amide bonds. The molecule has 0 heterocycles. The van der Waals surface area contributed by atoms with Gasteiger partial charge in [-0.1, -0.05) is 65.8 Å². The highest BCUT2D eigenvalue weighted by Gasteiger charge is 2.61. The van der Waals surface area contributed by atoms with Crippen LogP contribution in [0.1, 0.15) is 87.5 Å². The molecule has 10 atom stereocenters. The zero-order chi connectivity index (χ0) is 26.4. The Morgan fingerprint density at radius 2 is 1.67 bits per heavy atom. The second-order valence-corrected chi connectivity index (χ2v) is 13.1. The van der Waals surface area contributed by atoms with E-state index in [0.29, 0.717) is 53.3 Å². The van der Waals surface area contributed by atoms with E-state index >= 15 is 0 Å². The minimum Gasteiger partial charge on any atom is -0.461 e. The Balaban J connectivity index is 1.62. The molecular formula is C32H48O4. The summed E-state index contributed by atoms with van der Waals surface area (Å²) < 4.78 is 11.5. The monoisotopic (exact) mass is 496 g/mol. The van der Waals surface area contributed by atoms with Crippen LogP contribution in [0.2, 0.25) is 0 Å². The molecule has 0 saturated heterocycles. The van der Waals surface area contributed by atoms with Crippen molar-refractivity contribution in [1.29, 1.82) is 0 Å².